The Morgan fingerprint density at radius 1 is 1.13 bits per heavy atom. The molecular formula is C32H28ClN5O6S2. The number of carbonyl (C=O) groups excluding carboxylic acids is 4. The van der Waals surface area contributed by atoms with E-state index >= 15 is 0 Å². The van der Waals surface area contributed by atoms with E-state index in [1.165, 1.54) is 16.7 Å². The van der Waals surface area contributed by atoms with Crippen molar-refractivity contribution in [3.05, 3.63) is 106 Å². The maximum atomic E-state index is 13.8. The Balaban J connectivity index is 1.22. The molecule has 14 heteroatoms. The van der Waals surface area contributed by atoms with Crippen molar-refractivity contribution in [3.63, 3.8) is 0 Å². The minimum Gasteiger partial charge on any atom is -0.448 e. The van der Waals surface area contributed by atoms with Crippen LogP contribution in [0.25, 0.3) is 0 Å². The number of allylic oxidation sites excluding steroid dienone is 1. The highest BCUT2D eigenvalue weighted by Gasteiger charge is 2.55. The summed E-state index contributed by atoms with van der Waals surface area (Å²) in [7, 11) is 0. The number of oxime groups is 1. The summed E-state index contributed by atoms with van der Waals surface area (Å²) < 4.78 is 6.09. The van der Waals surface area contributed by atoms with E-state index in [1.807, 2.05) is 72.8 Å². The number of nitrogens with zero attached hydrogens (tertiary/aromatic N) is 3. The fraction of sp³-hybridized carbons (Fsp3) is 0.250. The molecule has 1 aromatic heterocycles. The molecule has 2 aliphatic heterocycles. The number of rotatable bonds is 12. The minimum atomic E-state index is -0.959. The number of esters is 1. The highest BCUT2D eigenvalue weighted by molar-refractivity contribution is 8.00. The lowest BCUT2D eigenvalue weighted by Gasteiger charge is -2.49. The van der Waals surface area contributed by atoms with Crippen LogP contribution in [0, 0.1) is 0 Å². The van der Waals surface area contributed by atoms with Gasteiger partial charge in [-0.25, -0.2) is 9.78 Å². The smallest absolute Gasteiger partial charge is 0.356 e. The summed E-state index contributed by atoms with van der Waals surface area (Å²) in [6, 6.07) is 17.7. The normalized spacial score (nSPS) is 20.7. The van der Waals surface area contributed by atoms with Crippen molar-refractivity contribution in [2.24, 2.45) is 5.16 Å². The van der Waals surface area contributed by atoms with Gasteiger partial charge in [-0.3, -0.25) is 19.3 Å². The topological polar surface area (TPSA) is 139 Å². The van der Waals surface area contributed by atoms with Gasteiger partial charge in [0.15, 0.2) is 16.9 Å². The number of alkyl halides is 1. The zero-order valence-electron chi connectivity index (χ0n) is 24.2. The largest absolute Gasteiger partial charge is 0.448 e. The first-order chi connectivity index (χ1) is 22.5. The molecule has 236 valence electrons. The predicted molar refractivity (Wildman–Crippen MR) is 175 cm³/mol. The summed E-state index contributed by atoms with van der Waals surface area (Å²) in [4.78, 5) is 63.1. The average Bonchev–Trinajstić information content (AvgIpc) is 3.79. The van der Waals surface area contributed by atoms with Gasteiger partial charge < -0.3 is 20.2 Å². The van der Waals surface area contributed by atoms with Crippen LogP contribution in [0.3, 0.4) is 0 Å². The van der Waals surface area contributed by atoms with Crippen LogP contribution in [-0.4, -0.2) is 68.9 Å². The molecule has 3 amide bonds. The van der Waals surface area contributed by atoms with Gasteiger partial charge >= 0.3 is 5.97 Å². The van der Waals surface area contributed by atoms with Crippen molar-refractivity contribution in [1.29, 1.82) is 0 Å². The van der Waals surface area contributed by atoms with Crippen molar-refractivity contribution in [3.8, 4) is 0 Å². The molecule has 6 rings (SSSR count). The summed E-state index contributed by atoms with van der Waals surface area (Å²) in [5.41, 5.74) is 2.22. The molecule has 11 nitrogen and oxygen atoms in total. The molecule has 2 N–H and O–H groups in total. The standard InChI is InChI=1S/C32H28ClN5O6S2/c33-15-21-16-45-30-25(36-28(40)24(37-44-22-13-7-8-14-22)23-17-46-32(35-23)34-18-39)29(41)38(30)26(21)31(42)43-27(19-9-3-1-4-10-19)20-11-5-2-6-12-20/h1-7,9-13,17-18,22,25,27,30H,8,14-16H2,(H,36,40)(H,34,35,39)/b37-24-/t22?,25-,30-/m1/s1. The summed E-state index contributed by atoms with van der Waals surface area (Å²) >= 11 is 8.76. The van der Waals surface area contributed by atoms with Crippen molar-refractivity contribution in [1.82, 2.24) is 15.2 Å². The number of aromatic nitrogens is 1. The average molecular weight is 678 g/mol. The zero-order chi connectivity index (χ0) is 32.0. The summed E-state index contributed by atoms with van der Waals surface area (Å²) in [6.45, 7) is 0. The van der Waals surface area contributed by atoms with Gasteiger partial charge in [0.25, 0.3) is 11.8 Å². The van der Waals surface area contributed by atoms with Crippen molar-refractivity contribution in [2.75, 3.05) is 16.9 Å². The van der Waals surface area contributed by atoms with Crippen LogP contribution in [0.15, 0.2) is 94.6 Å². The number of amides is 3. The van der Waals surface area contributed by atoms with E-state index < -0.39 is 35.3 Å². The quantitative estimate of drug-likeness (QED) is 0.0548. The first-order valence-corrected chi connectivity index (χ1v) is 16.9. The van der Waals surface area contributed by atoms with Gasteiger partial charge in [0.1, 0.15) is 28.9 Å². The molecule has 2 aromatic carbocycles. The number of β-lactam (4-membered cyclic amide) rings is 1. The minimum absolute atomic E-state index is 0.0248. The summed E-state index contributed by atoms with van der Waals surface area (Å²) in [5.74, 6) is -1.47. The second kappa shape index (κ2) is 14.3. The SMILES string of the molecule is O=CNc1nc(/C(=N/OC2C=CCC2)C(=O)N[C@@H]2C(=O)N3C(C(=O)OC(c4ccccc4)c4ccccc4)=C(CCl)CS[C@H]23)cs1. The highest BCUT2D eigenvalue weighted by Crippen LogP contribution is 2.42. The Labute approximate surface area is 277 Å². The van der Waals surface area contributed by atoms with Gasteiger partial charge in [0, 0.05) is 17.0 Å². The highest BCUT2D eigenvalue weighted by atomic mass is 35.5. The van der Waals surface area contributed by atoms with Gasteiger partial charge in [-0.15, -0.1) is 34.7 Å². The van der Waals surface area contributed by atoms with Crippen molar-refractivity contribution < 1.29 is 28.8 Å². The van der Waals surface area contributed by atoms with Crippen LogP contribution in [0.5, 0.6) is 0 Å². The maximum absolute atomic E-state index is 13.8. The van der Waals surface area contributed by atoms with E-state index in [0.29, 0.717) is 24.2 Å². The Hall–Kier alpha value is -4.46. The molecule has 0 radical (unpaired) electrons. The lowest BCUT2D eigenvalue weighted by atomic mass is 10.0. The molecule has 46 heavy (non-hydrogen) atoms. The molecular weight excluding hydrogens is 650 g/mol. The third kappa shape index (κ3) is 6.57. The van der Waals surface area contributed by atoms with E-state index in [1.54, 1.807) is 5.38 Å². The van der Waals surface area contributed by atoms with E-state index in [-0.39, 0.29) is 34.2 Å². The van der Waals surface area contributed by atoms with Gasteiger partial charge in [0.05, 0.1) is 0 Å². The second-order valence-corrected chi connectivity index (χ2v) is 12.7. The van der Waals surface area contributed by atoms with Crippen LogP contribution in [0.4, 0.5) is 5.13 Å². The number of halogens is 1. The monoisotopic (exact) mass is 677 g/mol. The Bertz CT molecular complexity index is 1670. The predicted octanol–water partition coefficient (Wildman–Crippen LogP) is 4.38. The molecule has 1 fully saturated rings. The molecule has 0 saturated carbocycles. The number of hydrogen-bond acceptors (Lipinski definition) is 10. The molecule has 1 saturated heterocycles. The molecule has 3 aromatic rings. The Morgan fingerprint density at radius 2 is 1.85 bits per heavy atom. The van der Waals surface area contributed by atoms with Crippen LogP contribution in [0.2, 0.25) is 0 Å². The van der Waals surface area contributed by atoms with Gasteiger partial charge in [-0.1, -0.05) is 71.9 Å². The second-order valence-electron chi connectivity index (χ2n) is 10.4. The van der Waals surface area contributed by atoms with Gasteiger partial charge in [-0.2, -0.15) is 0 Å². The molecule has 3 aliphatic rings. The number of anilines is 1. The van der Waals surface area contributed by atoms with Crippen LogP contribution in [-0.2, 0) is 28.8 Å². The number of carbonyl (C=O) groups is 4. The van der Waals surface area contributed by atoms with E-state index in [2.05, 4.69) is 20.8 Å². The van der Waals surface area contributed by atoms with Crippen LogP contribution < -0.4 is 10.6 Å². The zero-order valence-corrected chi connectivity index (χ0v) is 26.6. The molecule has 1 aliphatic carbocycles. The van der Waals surface area contributed by atoms with Gasteiger partial charge in [0.2, 0.25) is 6.41 Å². The Kier molecular flexibility index (Phi) is 9.81. The summed E-state index contributed by atoms with van der Waals surface area (Å²) in [5, 5.41) is 10.5. The van der Waals surface area contributed by atoms with E-state index in [4.69, 9.17) is 21.2 Å². The first kappa shape index (κ1) is 31.5. The third-order valence-electron chi connectivity index (χ3n) is 7.51. The Morgan fingerprint density at radius 3 is 2.48 bits per heavy atom. The summed E-state index contributed by atoms with van der Waals surface area (Å²) in [6.07, 6.45) is 4.82. The fourth-order valence-electron chi connectivity index (χ4n) is 5.25. The van der Waals surface area contributed by atoms with Crippen molar-refractivity contribution >= 4 is 69.7 Å². The number of fused-ring (bicyclic) bond motifs is 1. The fourth-order valence-corrected chi connectivity index (χ4v) is 7.58. The third-order valence-corrected chi connectivity index (χ3v) is 9.95. The van der Waals surface area contributed by atoms with E-state index in [9.17, 15) is 19.2 Å². The first-order valence-electron chi connectivity index (χ1n) is 14.4. The number of ether oxygens (including phenoxy) is 1. The number of benzene rings is 2. The number of hydrogen-bond donors (Lipinski definition) is 2. The molecule has 0 spiro atoms. The van der Waals surface area contributed by atoms with Gasteiger partial charge in [-0.05, 0) is 35.6 Å². The lowest BCUT2D eigenvalue weighted by molar-refractivity contribution is -0.154. The van der Waals surface area contributed by atoms with E-state index in [0.717, 1.165) is 28.9 Å². The molecule has 3 atom stereocenters. The van der Waals surface area contributed by atoms with Crippen molar-refractivity contribution in [2.45, 2.75) is 36.5 Å². The lowest BCUT2D eigenvalue weighted by Crippen LogP contribution is -2.71. The molecule has 0 bridgehead atoms. The van der Waals surface area contributed by atoms with Crippen LogP contribution >= 0.6 is 34.7 Å². The molecule has 1 unspecified atom stereocenters. The number of thiazole rings is 1. The maximum Gasteiger partial charge on any atom is 0.356 e. The number of nitrogens with one attached hydrogen (secondary N) is 2. The molecule has 3 heterocycles. The number of thioether (sulfide) groups is 1. The van der Waals surface area contributed by atoms with Crippen LogP contribution in [0.1, 0.15) is 35.8 Å².